The van der Waals surface area contributed by atoms with E-state index in [0.29, 0.717) is 17.9 Å². The minimum absolute atomic E-state index is 0.0523. The second kappa shape index (κ2) is 5.54. The summed E-state index contributed by atoms with van der Waals surface area (Å²) in [4.78, 5) is 12.0. The number of carbonyl (C=O) groups excluding carboxylic acids is 1. The minimum atomic E-state index is -0.294. The van der Waals surface area contributed by atoms with Crippen LogP contribution in [0, 0.1) is 5.92 Å². The highest BCUT2D eigenvalue weighted by Gasteiger charge is 2.28. The Morgan fingerprint density at radius 2 is 1.78 bits per heavy atom. The standard InChI is InChI=1S/C15H16O3/c1-17-14-9-8-13(16)12(15(14)18-2)10-11-6-4-3-5-7-11/h3-9,12H,10H2,1-2H3. The summed E-state index contributed by atoms with van der Waals surface area (Å²) in [6.07, 6.45) is 3.83. The number of hydrogen-bond acceptors (Lipinski definition) is 3. The lowest BCUT2D eigenvalue weighted by atomic mass is 9.89. The van der Waals surface area contributed by atoms with Crippen LogP contribution in [-0.2, 0) is 20.7 Å². The van der Waals surface area contributed by atoms with Crippen LogP contribution in [-0.4, -0.2) is 20.0 Å². The van der Waals surface area contributed by atoms with Gasteiger partial charge in [-0.15, -0.1) is 0 Å². The molecule has 94 valence electrons. The quantitative estimate of drug-likeness (QED) is 0.816. The highest BCUT2D eigenvalue weighted by atomic mass is 16.5. The predicted octanol–water partition coefficient (Wildman–Crippen LogP) is 2.49. The number of rotatable bonds is 4. The summed E-state index contributed by atoms with van der Waals surface area (Å²) in [6.45, 7) is 0. The van der Waals surface area contributed by atoms with Crippen LogP contribution in [0.1, 0.15) is 5.56 Å². The van der Waals surface area contributed by atoms with Crippen molar-refractivity contribution in [1.82, 2.24) is 0 Å². The molecule has 0 radical (unpaired) electrons. The van der Waals surface area contributed by atoms with Crippen LogP contribution in [0.3, 0.4) is 0 Å². The lowest BCUT2D eigenvalue weighted by Crippen LogP contribution is -2.23. The van der Waals surface area contributed by atoms with Crippen LogP contribution < -0.4 is 0 Å². The fourth-order valence-corrected chi connectivity index (χ4v) is 2.11. The van der Waals surface area contributed by atoms with Gasteiger partial charge in [0.25, 0.3) is 0 Å². The van der Waals surface area contributed by atoms with Gasteiger partial charge in [-0.25, -0.2) is 0 Å². The Bertz CT molecular complexity index is 486. The van der Waals surface area contributed by atoms with Crippen LogP contribution in [0.25, 0.3) is 0 Å². The smallest absolute Gasteiger partial charge is 0.166 e. The molecule has 0 spiro atoms. The maximum atomic E-state index is 12.0. The maximum Gasteiger partial charge on any atom is 0.166 e. The fraction of sp³-hybridized carbons (Fsp3) is 0.267. The zero-order chi connectivity index (χ0) is 13.0. The second-order valence-electron chi connectivity index (χ2n) is 4.11. The van der Waals surface area contributed by atoms with Gasteiger partial charge in [0.2, 0.25) is 0 Å². The van der Waals surface area contributed by atoms with Gasteiger partial charge in [-0.1, -0.05) is 30.3 Å². The van der Waals surface area contributed by atoms with E-state index in [1.807, 2.05) is 30.3 Å². The number of ether oxygens (including phenoxy) is 2. The normalized spacial score (nSPS) is 19.0. The molecule has 0 fully saturated rings. The summed E-state index contributed by atoms with van der Waals surface area (Å²) in [7, 11) is 3.15. The van der Waals surface area contributed by atoms with Crippen LogP contribution in [0.2, 0.25) is 0 Å². The molecule has 1 atom stereocenters. The summed E-state index contributed by atoms with van der Waals surface area (Å²) in [6, 6.07) is 9.90. The van der Waals surface area contributed by atoms with Crippen LogP contribution in [0.5, 0.6) is 0 Å². The number of benzene rings is 1. The highest BCUT2D eigenvalue weighted by Crippen LogP contribution is 2.27. The third kappa shape index (κ3) is 2.45. The third-order valence-electron chi connectivity index (χ3n) is 3.02. The molecule has 1 aliphatic carbocycles. The second-order valence-corrected chi connectivity index (χ2v) is 4.11. The molecule has 0 aromatic heterocycles. The molecule has 1 aromatic rings. The Kier molecular flexibility index (Phi) is 3.82. The van der Waals surface area contributed by atoms with Crippen molar-refractivity contribution in [3.63, 3.8) is 0 Å². The molecule has 1 aliphatic rings. The summed E-state index contributed by atoms with van der Waals surface area (Å²) in [5, 5.41) is 0. The van der Waals surface area contributed by atoms with Crippen molar-refractivity contribution in [3.8, 4) is 0 Å². The van der Waals surface area contributed by atoms with Gasteiger partial charge < -0.3 is 9.47 Å². The zero-order valence-corrected chi connectivity index (χ0v) is 10.6. The van der Waals surface area contributed by atoms with E-state index in [1.54, 1.807) is 26.4 Å². The van der Waals surface area contributed by atoms with Crippen LogP contribution in [0.15, 0.2) is 54.0 Å². The number of hydrogen-bond donors (Lipinski definition) is 0. The molecule has 3 heteroatoms. The van der Waals surface area contributed by atoms with Crippen molar-refractivity contribution in [1.29, 1.82) is 0 Å². The molecule has 0 aliphatic heterocycles. The summed E-state index contributed by atoms with van der Waals surface area (Å²) in [5.41, 5.74) is 1.11. The van der Waals surface area contributed by atoms with E-state index in [2.05, 4.69) is 0 Å². The summed E-state index contributed by atoms with van der Waals surface area (Å²) < 4.78 is 10.6. The average molecular weight is 244 g/mol. The first kappa shape index (κ1) is 12.4. The van der Waals surface area contributed by atoms with Crippen molar-refractivity contribution < 1.29 is 14.3 Å². The maximum absolute atomic E-state index is 12.0. The van der Waals surface area contributed by atoms with Gasteiger partial charge in [-0.3, -0.25) is 4.79 Å². The van der Waals surface area contributed by atoms with Crippen molar-refractivity contribution in [2.24, 2.45) is 5.92 Å². The van der Waals surface area contributed by atoms with Crippen LogP contribution >= 0.6 is 0 Å². The van der Waals surface area contributed by atoms with E-state index in [4.69, 9.17) is 9.47 Å². The predicted molar refractivity (Wildman–Crippen MR) is 68.8 cm³/mol. The van der Waals surface area contributed by atoms with Gasteiger partial charge in [0.15, 0.2) is 11.5 Å². The molecule has 18 heavy (non-hydrogen) atoms. The van der Waals surface area contributed by atoms with E-state index < -0.39 is 0 Å². The van der Waals surface area contributed by atoms with Crippen molar-refractivity contribution in [3.05, 3.63) is 59.6 Å². The SMILES string of the molecule is COC1=C(OC)C(Cc2ccccc2)C(=O)C=C1. The van der Waals surface area contributed by atoms with E-state index >= 15 is 0 Å². The fourth-order valence-electron chi connectivity index (χ4n) is 2.11. The Labute approximate surface area is 107 Å². The number of ketones is 1. The average Bonchev–Trinajstić information content (AvgIpc) is 2.42. The molecular formula is C15H16O3. The van der Waals surface area contributed by atoms with Gasteiger partial charge in [-0.05, 0) is 24.1 Å². The van der Waals surface area contributed by atoms with Gasteiger partial charge in [0.05, 0.1) is 20.1 Å². The molecule has 2 rings (SSSR count). The molecule has 1 unspecified atom stereocenters. The van der Waals surface area contributed by atoms with Crippen molar-refractivity contribution in [2.75, 3.05) is 14.2 Å². The summed E-state index contributed by atoms with van der Waals surface area (Å²) >= 11 is 0. The van der Waals surface area contributed by atoms with Gasteiger partial charge in [0.1, 0.15) is 5.76 Å². The Hall–Kier alpha value is -2.03. The van der Waals surface area contributed by atoms with Gasteiger partial charge in [0, 0.05) is 0 Å². The van der Waals surface area contributed by atoms with Crippen molar-refractivity contribution >= 4 is 5.78 Å². The van der Waals surface area contributed by atoms with E-state index in [-0.39, 0.29) is 11.7 Å². The van der Waals surface area contributed by atoms with Crippen LogP contribution in [0.4, 0.5) is 0 Å². The molecule has 1 aromatic carbocycles. The molecule has 3 nitrogen and oxygen atoms in total. The Morgan fingerprint density at radius 3 is 2.39 bits per heavy atom. The lowest BCUT2D eigenvalue weighted by Gasteiger charge is -2.22. The molecular weight excluding hydrogens is 228 g/mol. The van der Waals surface area contributed by atoms with E-state index in [1.165, 1.54) is 0 Å². The topological polar surface area (TPSA) is 35.5 Å². The van der Waals surface area contributed by atoms with E-state index in [9.17, 15) is 4.79 Å². The summed E-state index contributed by atoms with van der Waals surface area (Å²) in [5.74, 6) is 0.987. The number of allylic oxidation sites excluding steroid dienone is 3. The molecule has 0 bridgehead atoms. The van der Waals surface area contributed by atoms with Gasteiger partial charge in [-0.2, -0.15) is 0 Å². The number of carbonyl (C=O) groups is 1. The van der Waals surface area contributed by atoms with Gasteiger partial charge >= 0.3 is 0 Å². The zero-order valence-electron chi connectivity index (χ0n) is 10.6. The van der Waals surface area contributed by atoms with Crippen molar-refractivity contribution in [2.45, 2.75) is 6.42 Å². The first-order valence-electron chi connectivity index (χ1n) is 5.84. The number of methoxy groups -OCH3 is 2. The Balaban J connectivity index is 2.27. The molecule has 0 saturated carbocycles. The largest absolute Gasteiger partial charge is 0.496 e. The first-order valence-corrected chi connectivity index (χ1v) is 5.84. The monoisotopic (exact) mass is 244 g/mol. The highest BCUT2D eigenvalue weighted by molar-refractivity contribution is 5.95. The first-order chi connectivity index (χ1) is 8.76. The minimum Gasteiger partial charge on any atom is -0.496 e. The molecule has 0 amide bonds. The molecule has 0 saturated heterocycles. The van der Waals surface area contributed by atoms with E-state index in [0.717, 1.165) is 5.56 Å². The molecule has 0 heterocycles. The molecule has 0 N–H and O–H groups in total. The Morgan fingerprint density at radius 1 is 1.06 bits per heavy atom. The third-order valence-corrected chi connectivity index (χ3v) is 3.02. The lowest BCUT2D eigenvalue weighted by molar-refractivity contribution is -0.118.